The molecular formula is C11H10BrFN2S. The van der Waals surface area contributed by atoms with E-state index in [0.717, 1.165) is 10.7 Å². The molecule has 0 aliphatic heterocycles. The van der Waals surface area contributed by atoms with Crippen LogP contribution in [0.15, 0.2) is 34.2 Å². The Morgan fingerprint density at radius 1 is 1.50 bits per heavy atom. The molecule has 0 aliphatic carbocycles. The zero-order valence-corrected chi connectivity index (χ0v) is 11.0. The third-order valence-electron chi connectivity index (χ3n) is 2.22. The average molecular weight is 301 g/mol. The fourth-order valence-corrected chi connectivity index (χ4v) is 2.36. The third-order valence-corrected chi connectivity index (χ3v) is 3.53. The number of halogens is 2. The van der Waals surface area contributed by atoms with Crippen molar-refractivity contribution in [2.75, 3.05) is 5.32 Å². The molecule has 1 unspecified atom stereocenters. The SMILES string of the molecule is CC(Nc1nccs1)c1ccc(F)c(Br)c1. The number of rotatable bonds is 3. The van der Waals surface area contributed by atoms with E-state index in [9.17, 15) is 4.39 Å². The summed E-state index contributed by atoms with van der Waals surface area (Å²) in [5.74, 6) is -0.245. The van der Waals surface area contributed by atoms with Crippen LogP contribution in [-0.2, 0) is 0 Å². The van der Waals surface area contributed by atoms with Gasteiger partial charge in [-0.15, -0.1) is 11.3 Å². The second kappa shape index (κ2) is 4.93. The van der Waals surface area contributed by atoms with Gasteiger partial charge in [0.05, 0.1) is 10.5 Å². The van der Waals surface area contributed by atoms with Gasteiger partial charge in [0.1, 0.15) is 5.82 Å². The van der Waals surface area contributed by atoms with E-state index >= 15 is 0 Å². The predicted octanol–water partition coefficient (Wildman–Crippen LogP) is 4.22. The molecule has 0 radical (unpaired) electrons. The van der Waals surface area contributed by atoms with Crippen molar-refractivity contribution in [1.82, 2.24) is 4.98 Å². The molecule has 0 amide bonds. The summed E-state index contributed by atoms with van der Waals surface area (Å²) in [5, 5.41) is 6.03. The number of nitrogens with zero attached hydrogens (tertiary/aromatic N) is 1. The fourth-order valence-electron chi connectivity index (χ4n) is 1.34. The number of anilines is 1. The van der Waals surface area contributed by atoms with Crippen molar-refractivity contribution < 1.29 is 4.39 Å². The van der Waals surface area contributed by atoms with Crippen molar-refractivity contribution in [2.24, 2.45) is 0 Å². The van der Waals surface area contributed by atoms with Crippen LogP contribution in [0.2, 0.25) is 0 Å². The van der Waals surface area contributed by atoms with Gasteiger partial charge in [0, 0.05) is 11.6 Å². The molecular weight excluding hydrogens is 291 g/mol. The van der Waals surface area contributed by atoms with Gasteiger partial charge in [-0.2, -0.15) is 0 Å². The van der Waals surface area contributed by atoms with Crippen LogP contribution in [0, 0.1) is 5.82 Å². The molecule has 2 nitrogen and oxygen atoms in total. The lowest BCUT2D eigenvalue weighted by Crippen LogP contribution is -2.06. The Bertz CT molecular complexity index is 473. The molecule has 0 saturated carbocycles. The van der Waals surface area contributed by atoms with Crippen LogP contribution in [0.5, 0.6) is 0 Å². The number of thiazole rings is 1. The summed E-state index contributed by atoms with van der Waals surface area (Å²) in [7, 11) is 0. The van der Waals surface area contributed by atoms with Gasteiger partial charge in [0.15, 0.2) is 5.13 Å². The standard InChI is InChI=1S/C11H10BrFN2S/c1-7(15-11-14-4-5-16-11)8-2-3-10(13)9(12)6-8/h2-7H,1H3,(H,14,15). The molecule has 1 heterocycles. The minimum absolute atomic E-state index is 0.100. The Balaban J connectivity index is 2.14. The first-order valence-electron chi connectivity index (χ1n) is 4.78. The van der Waals surface area contributed by atoms with Crippen LogP contribution in [0.25, 0.3) is 0 Å². The maximum atomic E-state index is 13.1. The molecule has 1 aromatic carbocycles. The summed E-state index contributed by atoms with van der Waals surface area (Å²) in [5.41, 5.74) is 1.02. The third kappa shape index (κ3) is 2.59. The summed E-state index contributed by atoms with van der Waals surface area (Å²) >= 11 is 4.72. The highest BCUT2D eigenvalue weighted by Crippen LogP contribution is 2.24. The van der Waals surface area contributed by atoms with Gasteiger partial charge < -0.3 is 5.32 Å². The van der Waals surface area contributed by atoms with Crippen molar-refractivity contribution in [3.63, 3.8) is 0 Å². The molecule has 5 heteroatoms. The normalized spacial score (nSPS) is 12.4. The van der Waals surface area contributed by atoms with Gasteiger partial charge in [0.2, 0.25) is 0 Å². The highest BCUT2D eigenvalue weighted by atomic mass is 79.9. The summed E-state index contributed by atoms with van der Waals surface area (Å²) in [6.45, 7) is 2.01. The number of hydrogen-bond acceptors (Lipinski definition) is 3. The first-order valence-corrected chi connectivity index (χ1v) is 6.45. The Labute approximate surface area is 106 Å². The zero-order chi connectivity index (χ0) is 11.5. The van der Waals surface area contributed by atoms with Gasteiger partial charge in [-0.25, -0.2) is 9.37 Å². The largest absolute Gasteiger partial charge is 0.355 e. The Morgan fingerprint density at radius 2 is 2.31 bits per heavy atom. The molecule has 0 fully saturated rings. The number of aromatic nitrogens is 1. The molecule has 2 aromatic rings. The van der Waals surface area contributed by atoms with E-state index in [1.807, 2.05) is 12.3 Å². The van der Waals surface area contributed by atoms with E-state index < -0.39 is 0 Å². The van der Waals surface area contributed by atoms with Gasteiger partial charge in [-0.3, -0.25) is 0 Å². The van der Waals surface area contributed by atoms with Crippen LogP contribution in [0.3, 0.4) is 0 Å². The summed E-state index contributed by atoms with van der Waals surface area (Å²) < 4.78 is 13.5. The fraction of sp³-hybridized carbons (Fsp3) is 0.182. The highest BCUT2D eigenvalue weighted by molar-refractivity contribution is 9.10. The van der Waals surface area contributed by atoms with Crippen molar-refractivity contribution in [1.29, 1.82) is 0 Å². The van der Waals surface area contributed by atoms with Crippen LogP contribution >= 0.6 is 27.3 Å². The lowest BCUT2D eigenvalue weighted by atomic mass is 10.1. The Morgan fingerprint density at radius 3 is 2.94 bits per heavy atom. The monoisotopic (exact) mass is 300 g/mol. The Kier molecular flexibility index (Phi) is 3.56. The van der Waals surface area contributed by atoms with E-state index in [4.69, 9.17) is 0 Å². The predicted molar refractivity (Wildman–Crippen MR) is 68.3 cm³/mol. The minimum Gasteiger partial charge on any atom is -0.355 e. The van der Waals surface area contributed by atoms with Crippen LogP contribution in [-0.4, -0.2) is 4.98 Å². The molecule has 0 bridgehead atoms. The molecule has 16 heavy (non-hydrogen) atoms. The molecule has 1 atom stereocenters. The van der Waals surface area contributed by atoms with Crippen LogP contribution in [0.4, 0.5) is 9.52 Å². The highest BCUT2D eigenvalue weighted by Gasteiger charge is 2.08. The van der Waals surface area contributed by atoms with Crippen molar-refractivity contribution in [3.05, 3.63) is 45.6 Å². The molecule has 1 N–H and O–H groups in total. The maximum Gasteiger partial charge on any atom is 0.183 e. The van der Waals surface area contributed by atoms with E-state index in [1.54, 1.807) is 29.7 Å². The molecule has 0 saturated heterocycles. The van der Waals surface area contributed by atoms with Crippen LogP contribution < -0.4 is 5.32 Å². The second-order valence-electron chi connectivity index (χ2n) is 3.38. The smallest absolute Gasteiger partial charge is 0.183 e. The summed E-state index contributed by atoms with van der Waals surface area (Å²) in [6, 6.07) is 5.11. The van der Waals surface area contributed by atoms with E-state index in [-0.39, 0.29) is 11.9 Å². The van der Waals surface area contributed by atoms with Gasteiger partial charge >= 0.3 is 0 Å². The Hall–Kier alpha value is -0.940. The first-order chi connectivity index (χ1) is 7.66. The quantitative estimate of drug-likeness (QED) is 0.918. The number of benzene rings is 1. The summed E-state index contributed by atoms with van der Waals surface area (Å²) in [4.78, 5) is 4.14. The summed E-state index contributed by atoms with van der Waals surface area (Å²) in [6.07, 6.45) is 1.75. The maximum absolute atomic E-state index is 13.1. The van der Waals surface area contributed by atoms with E-state index in [1.165, 1.54) is 6.07 Å². The van der Waals surface area contributed by atoms with Gasteiger partial charge in [-0.1, -0.05) is 6.07 Å². The van der Waals surface area contributed by atoms with Crippen molar-refractivity contribution in [3.8, 4) is 0 Å². The molecule has 0 spiro atoms. The van der Waals surface area contributed by atoms with E-state index in [2.05, 4.69) is 26.2 Å². The average Bonchev–Trinajstić information content (AvgIpc) is 2.74. The molecule has 1 aromatic heterocycles. The zero-order valence-electron chi connectivity index (χ0n) is 8.58. The second-order valence-corrected chi connectivity index (χ2v) is 5.13. The van der Waals surface area contributed by atoms with Gasteiger partial charge in [-0.05, 0) is 40.5 Å². The molecule has 2 rings (SSSR count). The van der Waals surface area contributed by atoms with E-state index in [0.29, 0.717) is 4.47 Å². The van der Waals surface area contributed by atoms with Gasteiger partial charge in [0.25, 0.3) is 0 Å². The van der Waals surface area contributed by atoms with Crippen LogP contribution in [0.1, 0.15) is 18.5 Å². The molecule has 0 aliphatic rings. The lowest BCUT2D eigenvalue weighted by Gasteiger charge is -2.13. The number of nitrogens with one attached hydrogen (secondary N) is 1. The molecule has 84 valence electrons. The van der Waals surface area contributed by atoms with Crippen molar-refractivity contribution in [2.45, 2.75) is 13.0 Å². The first kappa shape index (κ1) is 11.5. The lowest BCUT2D eigenvalue weighted by molar-refractivity contribution is 0.619. The number of hydrogen-bond donors (Lipinski definition) is 1. The topological polar surface area (TPSA) is 24.9 Å². The minimum atomic E-state index is -0.245. The van der Waals surface area contributed by atoms with Crippen molar-refractivity contribution >= 4 is 32.4 Å².